The van der Waals surface area contributed by atoms with Crippen LogP contribution in [-0.4, -0.2) is 77.8 Å². The van der Waals surface area contributed by atoms with Gasteiger partial charge in [-0.2, -0.15) is 0 Å². The van der Waals surface area contributed by atoms with Gasteiger partial charge in [0.15, 0.2) is 5.69 Å². The quantitative estimate of drug-likeness (QED) is 0.213. The van der Waals surface area contributed by atoms with Crippen molar-refractivity contribution < 1.29 is 19.1 Å². The molecule has 1 aliphatic heterocycles. The summed E-state index contributed by atoms with van der Waals surface area (Å²) in [7, 11) is 2.91. The summed E-state index contributed by atoms with van der Waals surface area (Å²) in [6.07, 6.45) is 7.92. The second kappa shape index (κ2) is 13.2. The lowest BCUT2D eigenvalue weighted by Gasteiger charge is -2.32. The molecule has 3 aromatic heterocycles. The Hall–Kier alpha value is -3.89. The molecular formula is C31H40N6O4. The molecule has 0 radical (unpaired) electrons. The molecule has 4 aromatic rings. The number of H-pyrrole nitrogens is 1. The Morgan fingerprint density at radius 1 is 1.12 bits per heavy atom. The van der Waals surface area contributed by atoms with Crippen molar-refractivity contribution in [3.8, 4) is 0 Å². The summed E-state index contributed by atoms with van der Waals surface area (Å²) in [5, 5.41) is 8.46. The number of hydrogen-bond donors (Lipinski definition) is 3. The Morgan fingerprint density at radius 3 is 2.68 bits per heavy atom. The van der Waals surface area contributed by atoms with Gasteiger partial charge in [0, 0.05) is 55.3 Å². The van der Waals surface area contributed by atoms with Crippen LogP contribution in [0, 0.1) is 0 Å². The molecule has 4 heterocycles. The Morgan fingerprint density at radius 2 is 1.93 bits per heavy atom. The number of piperidine rings is 1. The highest BCUT2D eigenvalue weighted by Gasteiger charge is 2.27. The minimum atomic E-state index is -0.526. The lowest BCUT2D eigenvalue weighted by Crippen LogP contribution is -2.39. The van der Waals surface area contributed by atoms with Crippen molar-refractivity contribution in [1.82, 2.24) is 19.4 Å². The Balaban J connectivity index is 1.49. The molecule has 0 atom stereocenters. The predicted molar refractivity (Wildman–Crippen MR) is 162 cm³/mol. The summed E-state index contributed by atoms with van der Waals surface area (Å²) in [5.41, 5.74) is 4.39. The van der Waals surface area contributed by atoms with Crippen LogP contribution in [0.2, 0.25) is 0 Å². The van der Waals surface area contributed by atoms with E-state index in [4.69, 9.17) is 14.5 Å². The SMILES string of the molecule is CCCN1CCC(Nc2cnc3c(c2)c(NC(=O)CCOC)c(C(=O)OC)n3CCc2c[nH]c3ccccc23)CC1. The van der Waals surface area contributed by atoms with Gasteiger partial charge in [0.2, 0.25) is 5.91 Å². The Bertz CT molecular complexity index is 1500. The largest absolute Gasteiger partial charge is 0.464 e. The van der Waals surface area contributed by atoms with Crippen molar-refractivity contribution in [3.63, 3.8) is 0 Å². The fourth-order valence-corrected chi connectivity index (χ4v) is 5.78. The molecule has 1 aromatic carbocycles. The zero-order valence-electron chi connectivity index (χ0n) is 24.2. The van der Waals surface area contributed by atoms with Crippen molar-refractivity contribution in [2.45, 2.75) is 51.6 Å². The number of aryl methyl sites for hydroxylation is 2. The predicted octanol–water partition coefficient (Wildman–Crippen LogP) is 4.81. The maximum atomic E-state index is 13.2. The van der Waals surface area contributed by atoms with Gasteiger partial charge >= 0.3 is 5.97 Å². The van der Waals surface area contributed by atoms with E-state index in [2.05, 4.69) is 33.5 Å². The molecule has 10 heteroatoms. The number of ether oxygens (including phenoxy) is 2. The van der Waals surface area contributed by atoms with E-state index in [1.807, 2.05) is 41.2 Å². The van der Waals surface area contributed by atoms with Crippen LogP contribution in [0.4, 0.5) is 11.4 Å². The number of hydrogen-bond acceptors (Lipinski definition) is 7. The molecule has 1 fully saturated rings. The highest BCUT2D eigenvalue weighted by molar-refractivity contribution is 6.11. The van der Waals surface area contributed by atoms with Crippen LogP contribution >= 0.6 is 0 Å². The second-order valence-corrected chi connectivity index (χ2v) is 10.6. The number of likely N-dealkylation sites (tertiary alicyclic amines) is 1. The van der Waals surface area contributed by atoms with E-state index in [1.165, 1.54) is 7.11 Å². The van der Waals surface area contributed by atoms with Gasteiger partial charge in [-0.25, -0.2) is 9.78 Å². The first-order valence-electron chi connectivity index (χ1n) is 14.5. The number of carbonyl (C=O) groups excluding carboxylic acids is 2. The topological polar surface area (TPSA) is 114 Å². The third-order valence-electron chi connectivity index (χ3n) is 7.85. The fraction of sp³-hybridized carbons (Fsp3) is 0.452. The van der Waals surface area contributed by atoms with Crippen molar-refractivity contribution >= 4 is 45.2 Å². The molecule has 41 heavy (non-hydrogen) atoms. The van der Waals surface area contributed by atoms with Crippen molar-refractivity contribution in [1.29, 1.82) is 0 Å². The van der Waals surface area contributed by atoms with Crippen LogP contribution in [0.25, 0.3) is 21.9 Å². The van der Waals surface area contributed by atoms with Gasteiger partial charge in [-0.05, 0) is 49.9 Å². The maximum absolute atomic E-state index is 13.2. The highest BCUT2D eigenvalue weighted by Crippen LogP contribution is 2.34. The average Bonchev–Trinajstić information content (AvgIpc) is 3.54. The van der Waals surface area contributed by atoms with Crippen molar-refractivity contribution in [2.75, 3.05) is 51.1 Å². The standard InChI is InChI=1S/C31H40N6O4/c1-4-13-36-14-10-22(11-15-36)34-23-18-25-28(35-27(38)12-17-40-2)29(31(39)41-3)37(30(25)33-20-23)16-9-21-19-32-26-8-6-5-7-24(21)26/h5-8,18-20,22,32,34H,4,9-17H2,1-3H3,(H,35,38). The van der Waals surface area contributed by atoms with Crippen LogP contribution in [0.15, 0.2) is 42.7 Å². The Kier molecular flexibility index (Phi) is 9.21. The number of methoxy groups -OCH3 is 2. The lowest BCUT2D eigenvalue weighted by molar-refractivity contribution is -0.117. The summed E-state index contributed by atoms with van der Waals surface area (Å²) in [6.45, 7) is 6.24. The minimum absolute atomic E-state index is 0.167. The van der Waals surface area contributed by atoms with Crippen LogP contribution in [0.5, 0.6) is 0 Å². The molecule has 1 saturated heterocycles. The zero-order chi connectivity index (χ0) is 28.8. The molecule has 1 amide bonds. The van der Waals surface area contributed by atoms with Gasteiger partial charge < -0.3 is 34.6 Å². The Labute approximate surface area is 240 Å². The van der Waals surface area contributed by atoms with E-state index < -0.39 is 5.97 Å². The van der Waals surface area contributed by atoms with Gasteiger partial charge in [0.1, 0.15) is 5.65 Å². The number of carbonyl (C=O) groups is 2. The molecular weight excluding hydrogens is 520 g/mol. The summed E-state index contributed by atoms with van der Waals surface area (Å²) in [6, 6.07) is 10.5. The fourth-order valence-electron chi connectivity index (χ4n) is 5.78. The molecule has 0 bridgehead atoms. The number of para-hydroxylation sites is 1. The van der Waals surface area contributed by atoms with Gasteiger partial charge in [0.25, 0.3) is 0 Å². The number of aromatic amines is 1. The maximum Gasteiger partial charge on any atom is 0.356 e. The number of pyridine rings is 1. The molecule has 0 unspecified atom stereocenters. The normalized spacial score (nSPS) is 14.5. The number of rotatable bonds is 12. The average molecular weight is 561 g/mol. The summed E-state index contributed by atoms with van der Waals surface area (Å²) in [5.74, 6) is -0.767. The number of nitrogens with one attached hydrogen (secondary N) is 3. The molecule has 10 nitrogen and oxygen atoms in total. The number of esters is 1. The molecule has 0 saturated carbocycles. The van der Waals surface area contributed by atoms with Gasteiger partial charge in [-0.1, -0.05) is 25.1 Å². The van der Waals surface area contributed by atoms with Gasteiger partial charge in [0.05, 0.1) is 37.7 Å². The van der Waals surface area contributed by atoms with Crippen LogP contribution < -0.4 is 10.6 Å². The van der Waals surface area contributed by atoms with Crippen LogP contribution in [-0.2, 0) is 27.2 Å². The monoisotopic (exact) mass is 560 g/mol. The lowest BCUT2D eigenvalue weighted by atomic mass is 10.0. The first kappa shape index (κ1) is 28.6. The first-order valence-corrected chi connectivity index (χ1v) is 14.5. The van der Waals surface area contributed by atoms with E-state index in [9.17, 15) is 9.59 Å². The molecule has 0 aliphatic carbocycles. The number of fused-ring (bicyclic) bond motifs is 2. The van der Waals surface area contributed by atoms with Gasteiger partial charge in [-0.3, -0.25) is 4.79 Å². The molecule has 1 aliphatic rings. The number of benzene rings is 1. The highest BCUT2D eigenvalue weighted by atomic mass is 16.5. The smallest absolute Gasteiger partial charge is 0.356 e. The number of amides is 1. The number of anilines is 2. The third-order valence-corrected chi connectivity index (χ3v) is 7.85. The van der Waals surface area contributed by atoms with Crippen molar-refractivity contribution in [2.24, 2.45) is 0 Å². The van der Waals surface area contributed by atoms with E-state index >= 15 is 0 Å². The summed E-state index contributed by atoms with van der Waals surface area (Å²) < 4.78 is 12.2. The van der Waals surface area contributed by atoms with E-state index in [0.29, 0.717) is 35.7 Å². The van der Waals surface area contributed by atoms with E-state index in [1.54, 1.807) is 7.11 Å². The molecule has 3 N–H and O–H groups in total. The molecule has 5 rings (SSSR count). The van der Waals surface area contributed by atoms with Crippen LogP contribution in [0.1, 0.15) is 48.7 Å². The molecule has 0 spiro atoms. The minimum Gasteiger partial charge on any atom is -0.464 e. The van der Waals surface area contributed by atoms with E-state index in [-0.39, 0.29) is 24.6 Å². The number of aromatic nitrogens is 3. The van der Waals surface area contributed by atoms with E-state index in [0.717, 1.165) is 61.1 Å². The number of nitrogens with zero attached hydrogens (tertiary/aromatic N) is 3. The van der Waals surface area contributed by atoms with Crippen LogP contribution in [0.3, 0.4) is 0 Å². The summed E-state index contributed by atoms with van der Waals surface area (Å²) >= 11 is 0. The van der Waals surface area contributed by atoms with Crippen molar-refractivity contribution in [3.05, 3.63) is 54.0 Å². The first-order chi connectivity index (χ1) is 20.0. The molecule has 218 valence electrons. The second-order valence-electron chi connectivity index (χ2n) is 10.6. The van der Waals surface area contributed by atoms with Gasteiger partial charge in [-0.15, -0.1) is 0 Å². The summed E-state index contributed by atoms with van der Waals surface area (Å²) in [4.78, 5) is 36.7. The zero-order valence-corrected chi connectivity index (χ0v) is 24.2. The third kappa shape index (κ3) is 6.39.